The fourth-order valence-corrected chi connectivity index (χ4v) is 3.74. The lowest BCUT2D eigenvalue weighted by molar-refractivity contribution is 0.323. The molecule has 0 saturated carbocycles. The molecule has 1 saturated heterocycles. The average molecular weight is 405 g/mol. The van der Waals surface area contributed by atoms with Crippen molar-refractivity contribution < 1.29 is 4.74 Å². The lowest BCUT2D eigenvalue weighted by Gasteiger charge is -2.19. The van der Waals surface area contributed by atoms with Crippen LogP contribution in [0.5, 0.6) is 0 Å². The van der Waals surface area contributed by atoms with Gasteiger partial charge >= 0.3 is 0 Å². The highest BCUT2D eigenvalue weighted by atomic mass is 16.6. The van der Waals surface area contributed by atoms with Gasteiger partial charge in [-0.25, -0.2) is 0 Å². The van der Waals surface area contributed by atoms with Gasteiger partial charge in [0.2, 0.25) is 0 Å². The molecule has 0 amide bonds. The van der Waals surface area contributed by atoms with Crippen molar-refractivity contribution in [1.29, 1.82) is 0 Å². The van der Waals surface area contributed by atoms with Gasteiger partial charge in [0.1, 0.15) is 5.35 Å². The first kappa shape index (κ1) is 20.2. The minimum atomic E-state index is -0.418. The van der Waals surface area contributed by atoms with Crippen molar-refractivity contribution in [3.63, 3.8) is 0 Å². The Morgan fingerprint density at radius 1 is 1.17 bits per heavy atom. The summed E-state index contributed by atoms with van der Waals surface area (Å²) in [6.45, 7) is 15.8. The van der Waals surface area contributed by atoms with E-state index in [1.54, 1.807) is 6.08 Å². The second kappa shape index (κ2) is 6.71. The average Bonchev–Trinajstić information content (AvgIpc) is 3.11. The Balaban J connectivity index is 1.96. The van der Waals surface area contributed by atoms with Crippen LogP contribution in [-0.4, -0.2) is 26.7 Å². The van der Waals surface area contributed by atoms with Crippen molar-refractivity contribution in [2.45, 2.75) is 51.2 Å². The molecule has 1 fully saturated rings. The zero-order valence-corrected chi connectivity index (χ0v) is 17.8. The minimum absolute atomic E-state index is 0.0389. The number of H-pyrrole nitrogens is 3. The Bertz CT molecular complexity index is 1390. The molecule has 6 heteroatoms. The van der Waals surface area contributed by atoms with Gasteiger partial charge in [-0.2, -0.15) is 0 Å². The highest BCUT2D eigenvalue weighted by Crippen LogP contribution is 2.39. The maximum atomic E-state index is 12.4. The standard InChI is InChI=1S/C24H27N3O3/c1-7-23(3,4)20-16(12-18-22(29)25-13(2)21(28)27-18)15-10-14(8-9-17(15)26-20)11-19-24(5,6)30-19/h7-10,12,19,26H,1-2,11H2,3-6H3,(H,25,29)(H,27,28). The lowest BCUT2D eigenvalue weighted by atomic mass is 9.86. The van der Waals surface area contributed by atoms with Crippen molar-refractivity contribution in [3.05, 3.63) is 79.1 Å². The monoisotopic (exact) mass is 405 g/mol. The highest BCUT2D eigenvalue weighted by molar-refractivity contribution is 5.91. The van der Waals surface area contributed by atoms with Crippen LogP contribution in [0.4, 0.5) is 0 Å². The van der Waals surface area contributed by atoms with Crippen LogP contribution in [0.2, 0.25) is 0 Å². The molecule has 3 heterocycles. The van der Waals surface area contributed by atoms with Crippen LogP contribution < -0.4 is 21.8 Å². The fraction of sp³-hybridized carbons (Fsp3) is 0.333. The summed E-state index contributed by atoms with van der Waals surface area (Å²) in [6, 6.07) is 6.27. The van der Waals surface area contributed by atoms with Crippen molar-refractivity contribution >= 4 is 23.6 Å². The van der Waals surface area contributed by atoms with Crippen LogP contribution in [0.1, 0.15) is 44.5 Å². The topological polar surface area (TPSA) is 94.0 Å². The molecule has 0 radical (unpaired) electrons. The summed E-state index contributed by atoms with van der Waals surface area (Å²) in [5, 5.41) is 1.21. The first-order chi connectivity index (χ1) is 14.0. The lowest BCUT2D eigenvalue weighted by Crippen LogP contribution is -2.46. The van der Waals surface area contributed by atoms with Crippen LogP contribution >= 0.6 is 0 Å². The van der Waals surface area contributed by atoms with E-state index in [1.165, 1.54) is 0 Å². The quantitative estimate of drug-likeness (QED) is 0.447. The van der Waals surface area contributed by atoms with Gasteiger partial charge in [-0.15, -0.1) is 6.58 Å². The van der Waals surface area contributed by atoms with Crippen LogP contribution in [0.15, 0.2) is 40.4 Å². The third-order valence-electron chi connectivity index (χ3n) is 5.96. The van der Waals surface area contributed by atoms with Crippen LogP contribution in [0.3, 0.4) is 0 Å². The molecule has 6 nitrogen and oxygen atoms in total. The number of epoxide rings is 1. The first-order valence-electron chi connectivity index (χ1n) is 10.0. The van der Waals surface area contributed by atoms with Crippen molar-refractivity contribution in [3.8, 4) is 0 Å². The minimum Gasteiger partial charge on any atom is -0.366 e. The Kier molecular flexibility index (Phi) is 4.51. The second-order valence-corrected chi connectivity index (χ2v) is 9.08. The number of rotatable bonds is 5. The molecule has 4 rings (SSSR count). The van der Waals surface area contributed by atoms with E-state index >= 15 is 0 Å². The molecule has 1 aliphatic heterocycles. The first-order valence-corrected chi connectivity index (χ1v) is 10.0. The largest absolute Gasteiger partial charge is 0.366 e. The van der Waals surface area contributed by atoms with Gasteiger partial charge < -0.3 is 19.7 Å². The number of ether oxygens (including phenoxy) is 1. The van der Waals surface area contributed by atoms with E-state index in [9.17, 15) is 9.59 Å². The second-order valence-electron chi connectivity index (χ2n) is 9.08. The van der Waals surface area contributed by atoms with E-state index in [0.29, 0.717) is 0 Å². The Morgan fingerprint density at radius 3 is 2.50 bits per heavy atom. The predicted octanol–water partition coefficient (Wildman–Crippen LogP) is 1.97. The van der Waals surface area contributed by atoms with E-state index in [2.05, 4.69) is 67.9 Å². The van der Waals surface area contributed by atoms with Gasteiger partial charge in [-0.1, -0.05) is 32.6 Å². The van der Waals surface area contributed by atoms with E-state index in [4.69, 9.17) is 4.74 Å². The van der Waals surface area contributed by atoms with Gasteiger partial charge in [-0.3, -0.25) is 9.59 Å². The molecule has 0 bridgehead atoms. The molecule has 3 N–H and O–H groups in total. The van der Waals surface area contributed by atoms with E-state index in [1.807, 2.05) is 12.1 Å². The zero-order valence-electron chi connectivity index (χ0n) is 17.8. The summed E-state index contributed by atoms with van der Waals surface area (Å²) in [5.74, 6) is 0. The van der Waals surface area contributed by atoms with Gasteiger partial charge in [0, 0.05) is 34.0 Å². The molecule has 156 valence electrons. The molecule has 1 aliphatic rings. The molecular formula is C24H27N3O3. The van der Waals surface area contributed by atoms with Gasteiger partial charge in [-0.05, 0) is 37.6 Å². The summed E-state index contributed by atoms with van der Waals surface area (Å²) in [5.41, 5.74) is 2.63. The van der Waals surface area contributed by atoms with E-state index < -0.39 is 5.56 Å². The number of hydrogen-bond donors (Lipinski definition) is 3. The molecule has 1 unspecified atom stereocenters. The Hall–Kier alpha value is -3.12. The highest BCUT2D eigenvalue weighted by Gasteiger charge is 2.47. The Morgan fingerprint density at radius 2 is 1.87 bits per heavy atom. The van der Waals surface area contributed by atoms with Gasteiger partial charge in [0.15, 0.2) is 0 Å². The number of aromatic nitrogens is 3. The summed E-state index contributed by atoms with van der Waals surface area (Å²) >= 11 is 0. The SMILES string of the molecule is C=CC(C)(C)c1[nH]c2ccc(CC3OC3(C)C)cc2c1C=c1[nH]c(=O)c(=C)[nH]c1=O. The van der Waals surface area contributed by atoms with Crippen molar-refractivity contribution in [2.24, 2.45) is 0 Å². The summed E-state index contributed by atoms with van der Waals surface area (Å²) in [7, 11) is 0. The number of aromatic amines is 3. The van der Waals surface area contributed by atoms with E-state index in [-0.39, 0.29) is 33.4 Å². The van der Waals surface area contributed by atoms with E-state index in [0.717, 1.165) is 34.1 Å². The number of nitrogens with one attached hydrogen (secondary N) is 3. The number of fused-ring (bicyclic) bond motifs is 1. The summed E-state index contributed by atoms with van der Waals surface area (Å²) in [4.78, 5) is 33.1. The normalized spacial score (nSPS) is 18.7. The van der Waals surface area contributed by atoms with Crippen molar-refractivity contribution in [1.82, 2.24) is 15.0 Å². The Labute approximate surface area is 174 Å². The number of hydrogen-bond acceptors (Lipinski definition) is 3. The summed E-state index contributed by atoms with van der Waals surface area (Å²) in [6.07, 6.45) is 4.61. The zero-order chi connectivity index (χ0) is 21.8. The number of allylic oxidation sites excluding steroid dienone is 1. The molecule has 2 aromatic heterocycles. The van der Waals surface area contributed by atoms with Gasteiger partial charge in [0.05, 0.1) is 17.1 Å². The van der Waals surface area contributed by atoms with Crippen molar-refractivity contribution in [2.75, 3.05) is 0 Å². The van der Waals surface area contributed by atoms with Crippen LogP contribution in [0.25, 0.3) is 23.6 Å². The molecule has 0 spiro atoms. The molecule has 1 atom stereocenters. The molecule has 1 aromatic carbocycles. The molecule has 3 aromatic rings. The molecule has 0 aliphatic carbocycles. The smallest absolute Gasteiger partial charge is 0.272 e. The van der Waals surface area contributed by atoms with Crippen LogP contribution in [0, 0.1) is 0 Å². The maximum absolute atomic E-state index is 12.4. The maximum Gasteiger partial charge on any atom is 0.272 e. The third-order valence-corrected chi connectivity index (χ3v) is 5.96. The molecule has 30 heavy (non-hydrogen) atoms. The predicted molar refractivity (Wildman–Crippen MR) is 120 cm³/mol. The van der Waals surface area contributed by atoms with Gasteiger partial charge in [0.25, 0.3) is 11.1 Å². The third kappa shape index (κ3) is 3.48. The number of benzene rings is 1. The van der Waals surface area contributed by atoms with Crippen LogP contribution in [-0.2, 0) is 16.6 Å². The fourth-order valence-electron chi connectivity index (χ4n) is 3.74. The molecular weight excluding hydrogens is 378 g/mol. The summed E-state index contributed by atoms with van der Waals surface area (Å²) < 4.78 is 5.74.